The number of hydrogen-bond donors (Lipinski definition) is 3. The highest BCUT2D eigenvalue weighted by Crippen LogP contribution is 2.48. The Kier molecular flexibility index (Phi) is 3.24. The smallest absolute Gasteiger partial charge is 0.329 e. The standard InChI is InChI=1S/C11H19N3O3/c1-14(2)13-11(17)12-9-7-4-3-6(5-7)8(9)10(15)16/h6-9H,3-5H2,1-2H3,(H,15,16)(H2,12,13,17). The van der Waals surface area contributed by atoms with Crippen molar-refractivity contribution >= 4 is 12.0 Å². The van der Waals surface area contributed by atoms with Gasteiger partial charge in [-0.2, -0.15) is 0 Å². The van der Waals surface area contributed by atoms with Crippen molar-refractivity contribution < 1.29 is 14.7 Å². The molecule has 6 nitrogen and oxygen atoms in total. The van der Waals surface area contributed by atoms with Gasteiger partial charge in [0.2, 0.25) is 0 Å². The summed E-state index contributed by atoms with van der Waals surface area (Å²) in [5, 5.41) is 13.6. The van der Waals surface area contributed by atoms with Crippen molar-refractivity contribution in [2.45, 2.75) is 25.3 Å². The molecule has 4 unspecified atom stereocenters. The fourth-order valence-electron chi connectivity index (χ4n) is 3.24. The van der Waals surface area contributed by atoms with Crippen molar-refractivity contribution in [2.24, 2.45) is 17.8 Å². The predicted octanol–water partition coefficient (Wildman–Crippen LogP) is 0.262. The zero-order valence-electron chi connectivity index (χ0n) is 10.1. The van der Waals surface area contributed by atoms with Crippen molar-refractivity contribution in [3.8, 4) is 0 Å². The molecule has 0 saturated heterocycles. The number of nitrogens with one attached hydrogen (secondary N) is 2. The van der Waals surface area contributed by atoms with Crippen LogP contribution < -0.4 is 10.7 Å². The first-order valence-corrected chi connectivity index (χ1v) is 5.96. The van der Waals surface area contributed by atoms with E-state index in [9.17, 15) is 14.7 Å². The minimum Gasteiger partial charge on any atom is -0.481 e. The molecular weight excluding hydrogens is 222 g/mol. The maximum Gasteiger partial charge on any atom is 0.329 e. The largest absolute Gasteiger partial charge is 0.481 e. The van der Waals surface area contributed by atoms with E-state index in [0.717, 1.165) is 19.3 Å². The van der Waals surface area contributed by atoms with Gasteiger partial charge in [0.05, 0.1) is 5.92 Å². The Balaban J connectivity index is 1.99. The number of amides is 2. The predicted molar refractivity (Wildman–Crippen MR) is 61.1 cm³/mol. The second-order valence-electron chi connectivity index (χ2n) is 5.20. The number of carboxylic acid groups (broad SMARTS) is 1. The number of aliphatic carboxylic acids is 1. The SMILES string of the molecule is CN(C)NC(=O)NC1C2CCC(C2)C1C(=O)O. The summed E-state index contributed by atoms with van der Waals surface area (Å²) in [5.41, 5.74) is 2.58. The lowest BCUT2D eigenvalue weighted by atomic mass is 9.84. The van der Waals surface area contributed by atoms with E-state index in [1.165, 1.54) is 5.01 Å². The van der Waals surface area contributed by atoms with Gasteiger partial charge in [-0.05, 0) is 31.1 Å². The van der Waals surface area contributed by atoms with Gasteiger partial charge in [-0.3, -0.25) is 10.2 Å². The van der Waals surface area contributed by atoms with Gasteiger partial charge in [0.1, 0.15) is 0 Å². The number of hydrazine groups is 1. The summed E-state index contributed by atoms with van der Waals surface area (Å²) in [6.07, 6.45) is 2.94. The summed E-state index contributed by atoms with van der Waals surface area (Å²) in [4.78, 5) is 22.8. The van der Waals surface area contributed by atoms with Crippen molar-refractivity contribution in [1.82, 2.24) is 15.8 Å². The Bertz CT molecular complexity index is 332. The first-order valence-electron chi connectivity index (χ1n) is 5.96. The summed E-state index contributed by atoms with van der Waals surface area (Å²) < 4.78 is 0. The molecule has 2 saturated carbocycles. The van der Waals surface area contributed by atoms with Crippen LogP contribution in [0, 0.1) is 17.8 Å². The summed E-state index contributed by atoms with van der Waals surface area (Å²) >= 11 is 0. The van der Waals surface area contributed by atoms with Crippen LogP contribution in [0.5, 0.6) is 0 Å². The van der Waals surface area contributed by atoms with Gasteiger partial charge in [0.25, 0.3) is 0 Å². The molecule has 2 aliphatic rings. The molecule has 0 radical (unpaired) electrons. The molecule has 2 bridgehead atoms. The maximum atomic E-state index is 11.6. The highest BCUT2D eigenvalue weighted by molar-refractivity contribution is 5.77. The number of carbonyl (C=O) groups is 2. The number of nitrogens with zero attached hydrogens (tertiary/aromatic N) is 1. The average Bonchev–Trinajstić information content (AvgIpc) is 2.75. The monoisotopic (exact) mass is 241 g/mol. The first kappa shape index (κ1) is 12.2. The van der Waals surface area contributed by atoms with E-state index in [4.69, 9.17) is 0 Å². The molecule has 2 aliphatic carbocycles. The maximum absolute atomic E-state index is 11.6. The number of fused-ring (bicyclic) bond motifs is 2. The molecule has 2 fully saturated rings. The molecule has 6 heteroatoms. The van der Waals surface area contributed by atoms with Gasteiger partial charge in [-0.15, -0.1) is 0 Å². The Morgan fingerprint density at radius 2 is 1.88 bits per heavy atom. The molecule has 0 aliphatic heterocycles. The highest BCUT2D eigenvalue weighted by Gasteiger charge is 2.51. The molecule has 17 heavy (non-hydrogen) atoms. The average molecular weight is 241 g/mol. The number of carboxylic acids is 1. The lowest BCUT2D eigenvalue weighted by molar-refractivity contribution is -0.144. The molecular formula is C11H19N3O3. The molecule has 0 spiro atoms. The lowest BCUT2D eigenvalue weighted by Gasteiger charge is -2.29. The van der Waals surface area contributed by atoms with Crippen LogP contribution in [0.3, 0.4) is 0 Å². The first-order chi connectivity index (χ1) is 7.99. The molecule has 0 aromatic carbocycles. The van der Waals surface area contributed by atoms with E-state index >= 15 is 0 Å². The normalized spacial score (nSPS) is 35.0. The molecule has 0 aromatic rings. The minimum atomic E-state index is -0.785. The van der Waals surface area contributed by atoms with Gasteiger partial charge in [-0.25, -0.2) is 9.80 Å². The number of hydrogen-bond acceptors (Lipinski definition) is 3. The van der Waals surface area contributed by atoms with Gasteiger partial charge >= 0.3 is 12.0 Å². The van der Waals surface area contributed by atoms with E-state index in [0.29, 0.717) is 5.92 Å². The van der Waals surface area contributed by atoms with Gasteiger partial charge in [-0.1, -0.05) is 0 Å². The van der Waals surface area contributed by atoms with E-state index < -0.39 is 11.9 Å². The molecule has 4 atom stereocenters. The van der Waals surface area contributed by atoms with Crippen molar-refractivity contribution in [1.29, 1.82) is 0 Å². The summed E-state index contributed by atoms with van der Waals surface area (Å²) in [6.45, 7) is 0. The van der Waals surface area contributed by atoms with Crippen LogP contribution in [0.15, 0.2) is 0 Å². The van der Waals surface area contributed by atoms with Crippen LogP contribution in [-0.2, 0) is 4.79 Å². The van der Waals surface area contributed by atoms with Crippen LogP contribution in [0.25, 0.3) is 0 Å². The zero-order chi connectivity index (χ0) is 12.6. The molecule has 3 N–H and O–H groups in total. The van der Waals surface area contributed by atoms with Gasteiger partial charge < -0.3 is 10.4 Å². The van der Waals surface area contributed by atoms with Crippen molar-refractivity contribution in [2.75, 3.05) is 14.1 Å². The third kappa shape index (κ3) is 2.36. The summed E-state index contributed by atoms with van der Waals surface area (Å²) in [5.74, 6) is -0.634. The Morgan fingerprint density at radius 3 is 2.47 bits per heavy atom. The Hall–Kier alpha value is -1.30. The number of urea groups is 1. The number of carbonyl (C=O) groups excluding carboxylic acids is 1. The van der Waals surface area contributed by atoms with Crippen LogP contribution in [0.4, 0.5) is 4.79 Å². The second kappa shape index (κ2) is 4.52. The zero-order valence-corrected chi connectivity index (χ0v) is 10.1. The third-order valence-corrected chi connectivity index (χ3v) is 3.82. The summed E-state index contributed by atoms with van der Waals surface area (Å²) in [6, 6.07) is -0.537. The third-order valence-electron chi connectivity index (χ3n) is 3.82. The van der Waals surface area contributed by atoms with Crippen LogP contribution in [0.1, 0.15) is 19.3 Å². The summed E-state index contributed by atoms with van der Waals surface area (Å²) in [7, 11) is 3.43. The van der Waals surface area contributed by atoms with E-state index in [-0.39, 0.29) is 18.0 Å². The van der Waals surface area contributed by atoms with Crippen LogP contribution in [-0.4, -0.2) is 42.3 Å². The molecule has 2 amide bonds. The Labute approximate surface area is 100 Å². The highest BCUT2D eigenvalue weighted by atomic mass is 16.4. The Morgan fingerprint density at radius 1 is 1.24 bits per heavy atom. The minimum absolute atomic E-state index is 0.216. The fourth-order valence-corrected chi connectivity index (χ4v) is 3.24. The fraction of sp³-hybridized carbons (Fsp3) is 0.818. The molecule has 0 aromatic heterocycles. The quantitative estimate of drug-likeness (QED) is 0.619. The van der Waals surface area contributed by atoms with E-state index in [1.807, 2.05) is 0 Å². The lowest BCUT2D eigenvalue weighted by Crippen LogP contribution is -2.52. The van der Waals surface area contributed by atoms with E-state index in [2.05, 4.69) is 10.7 Å². The second-order valence-corrected chi connectivity index (χ2v) is 5.20. The van der Waals surface area contributed by atoms with Gasteiger partial charge in [0, 0.05) is 20.1 Å². The molecule has 0 heterocycles. The van der Waals surface area contributed by atoms with E-state index in [1.54, 1.807) is 14.1 Å². The molecule has 2 rings (SSSR count). The van der Waals surface area contributed by atoms with Crippen molar-refractivity contribution in [3.05, 3.63) is 0 Å². The van der Waals surface area contributed by atoms with Crippen LogP contribution in [0.2, 0.25) is 0 Å². The topological polar surface area (TPSA) is 81.7 Å². The van der Waals surface area contributed by atoms with Crippen molar-refractivity contribution in [3.63, 3.8) is 0 Å². The molecule has 96 valence electrons. The number of rotatable bonds is 3. The van der Waals surface area contributed by atoms with Gasteiger partial charge in [0.15, 0.2) is 0 Å². The van der Waals surface area contributed by atoms with Crippen LogP contribution >= 0.6 is 0 Å².